The quantitative estimate of drug-likeness (QED) is 0.856. The largest absolute Gasteiger partial charge is 0.416 e. The lowest BCUT2D eigenvalue weighted by molar-refractivity contribution is -0.137. The van der Waals surface area contributed by atoms with E-state index in [1.807, 2.05) is 4.72 Å². The van der Waals surface area contributed by atoms with Crippen LogP contribution in [-0.4, -0.2) is 15.0 Å². The lowest BCUT2D eigenvalue weighted by atomic mass is 10.1. The van der Waals surface area contributed by atoms with Crippen LogP contribution in [0.4, 0.5) is 13.2 Å². The lowest BCUT2D eigenvalue weighted by Crippen LogP contribution is -2.32. The van der Waals surface area contributed by atoms with E-state index in [1.54, 1.807) is 0 Å². The Labute approximate surface area is 96.8 Å². The standard InChI is InChI=1S/C9H11F3N2O2S/c10-9(11,12)8-3-1-7(2-4-8)5-6-14-17(13,15)16/h1-4,14H,5-6H2,(H2,13,15,16). The van der Waals surface area contributed by atoms with Gasteiger partial charge in [-0.25, -0.2) is 9.86 Å². The summed E-state index contributed by atoms with van der Waals surface area (Å²) in [6.45, 7) is 0.0458. The first-order valence-electron chi connectivity index (χ1n) is 4.62. The van der Waals surface area contributed by atoms with Crippen molar-refractivity contribution >= 4 is 10.2 Å². The second-order valence-corrected chi connectivity index (χ2v) is 4.76. The highest BCUT2D eigenvalue weighted by Gasteiger charge is 2.29. The van der Waals surface area contributed by atoms with Crippen LogP contribution in [0.2, 0.25) is 0 Å². The molecule has 0 radical (unpaired) electrons. The topological polar surface area (TPSA) is 72.2 Å². The zero-order chi connectivity index (χ0) is 13.1. The molecule has 0 unspecified atom stereocenters. The van der Waals surface area contributed by atoms with E-state index in [1.165, 1.54) is 12.1 Å². The number of hydrogen-bond donors (Lipinski definition) is 2. The van der Waals surface area contributed by atoms with Crippen molar-refractivity contribution in [3.8, 4) is 0 Å². The third-order valence-corrected chi connectivity index (χ3v) is 2.60. The Morgan fingerprint density at radius 3 is 2.12 bits per heavy atom. The van der Waals surface area contributed by atoms with Crippen molar-refractivity contribution in [2.75, 3.05) is 6.54 Å². The van der Waals surface area contributed by atoms with Crippen molar-refractivity contribution in [2.24, 2.45) is 5.14 Å². The molecule has 0 aromatic heterocycles. The highest BCUT2D eigenvalue weighted by Crippen LogP contribution is 2.29. The van der Waals surface area contributed by atoms with Gasteiger partial charge in [-0.1, -0.05) is 12.1 Å². The lowest BCUT2D eigenvalue weighted by Gasteiger charge is -2.07. The van der Waals surface area contributed by atoms with Crippen LogP contribution in [0.1, 0.15) is 11.1 Å². The maximum Gasteiger partial charge on any atom is 0.416 e. The number of benzene rings is 1. The maximum atomic E-state index is 12.2. The third kappa shape index (κ3) is 5.16. The fourth-order valence-corrected chi connectivity index (χ4v) is 1.58. The summed E-state index contributed by atoms with van der Waals surface area (Å²) >= 11 is 0. The fourth-order valence-electron chi connectivity index (χ4n) is 1.20. The minimum absolute atomic E-state index is 0.0458. The van der Waals surface area contributed by atoms with Crippen LogP contribution in [0.15, 0.2) is 24.3 Å². The number of hydrogen-bond acceptors (Lipinski definition) is 2. The summed E-state index contributed by atoms with van der Waals surface area (Å²) in [6, 6.07) is 4.50. The molecule has 4 nitrogen and oxygen atoms in total. The highest BCUT2D eigenvalue weighted by atomic mass is 32.2. The van der Waals surface area contributed by atoms with Crippen LogP contribution in [-0.2, 0) is 22.8 Å². The molecular formula is C9H11F3N2O2S. The van der Waals surface area contributed by atoms with Crippen LogP contribution >= 0.6 is 0 Å². The van der Waals surface area contributed by atoms with E-state index in [-0.39, 0.29) is 13.0 Å². The first-order valence-corrected chi connectivity index (χ1v) is 6.16. The molecule has 0 heterocycles. The van der Waals surface area contributed by atoms with Crippen molar-refractivity contribution in [3.63, 3.8) is 0 Å². The summed E-state index contributed by atoms with van der Waals surface area (Å²) in [5.41, 5.74) is -0.144. The van der Waals surface area contributed by atoms with Crippen LogP contribution in [0, 0.1) is 0 Å². The van der Waals surface area contributed by atoms with E-state index in [2.05, 4.69) is 0 Å². The van der Waals surface area contributed by atoms with Crippen LogP contribution in [0.5, 0.6) is 0 Å². The molecule has 0 aliphatic heterocycles. The summed E-state index contributed by atoms with van der Waals surface area (Å²) in [5, 5.41) is 4.69. The average Bonchev–Trinajstić information content (AvgIpc) is 2.15. The van der Waals surface area contributed by atoms with Gasteiger partial charge in [0.25, 0.3) is 10.2 Å². The molecule has 8 heteroatoms. The molecule has 0 atom stereocenters. The van der Waals surface area contributed by atoms with E-state index >= 15 is 0 Å². The normalized spacial score (nSPS) is 12.7. The Morgan fingerprint density at radius 2 is 1.71 bits per heavy atom. The van der Waals surface area contributed by atoms with Crippen LogP contribution < -0.4 is 9.86 Å². The predicted octanol–water partition coefficient (Wildman–Crippen LogP) is 1.04. The summed E-state index contributed by atoms with van der Waals surface area (Å²) in [7, 11) is -3.76. The molecule has 0 bridgehead atoms. The van der Waals surface area contributed by atoms with Crippen LogP contribution in [0.25, 0.3) is 0 Å². The second-order valence-electron chi connectivity index (χ2n) is 3.38. The Balaban J connectivity index is 2.58. The first kappa shape index (κ1) is 13.9. The second kappa shape index (κ2) is 5.03. The van der Waals surface area contributed by atoms with E-state index in [0.29, 0.717) is 5.56 Å². The van der Waals surface area contributed by atoms with Gasteiger partial charge >= 0.3 is 6.18 Å². The van der Waals surface area contributed by atoms with E-state index in [4.69, 9.17) is 5.14 Å². The van der Waals surface area contributed by atoms with E-state index in [9.17, 15) is 21.6 Å². The number of halogens is 3. The average molecular weight is 268 g/mol. The molecule has 1 rings (SSSR count). The molecule has 17 heavy (non-hydrogen) atoms. The van der Waals surface area contributed by atoms with Crippen LogP contribution in [0.3, 0.4) is 0 Å². The molecule has 0 aliphatic carbocycles. The highest BCUT2D eigenvalue weighted by molar-refractivity contribution is 7.87. The molecule has 0 saturated carbocycles. The van der Waals surface area contributed by atoms with E-state index in [0.717, 1.165) is 12.1 Å². The molecule has 0 spiro atoms. The minimum Gasteiger partial charge on any atom is -0.216 e. The minimum atomic E-state index is -4.36. The van der Waals surface area contributed by atoms with Crippen molar-refractivity contribution in [1.82, 2.24) is 4.72 Å². The van der Waals surface area contributed by atoms with Gasteiger partial charge in [-0.15, -0.1) is 0 Å². The fraction of sp³-hybridized carbons (Fsp3) is 0.333. The zero-order valence-corrected chi connectivity index (χ0v) is 9.48. The summed E-state index contributed by atoms with van der Waals surface area (Å²) in [6.07, 6.45) is -4.09. The summed E-state index contributed by atoms with van der Waals surface area (Å²) in [5.74, 6) is 0. The maximum absolute atomic E-state index is 12.2. The molecule has 0 amide bonds. The van der Waals surface area contributed by atoms with Gasteiger partial charge in [0.15, 0.2) is 0 Å². The van der Waals surface area contributed by atoms with Gasteiger partial charge in [0, 0.05) is 6.54 Å². The molecular weight excluding hydrogens is 257 g/mol. The number of nitrogens with one attached hydrogen (secondary N) is 1. The Hall–Kier alpha value is -1.12. The number of alkyl halides is 3. The number of nitrogens with two attached hydrogens (primary N) is 1. The van der Waals surface area contributed by atoms with Crippen molar-refractivity contribution in [1.29, 1.82) is 0 Å². The monoisotopic (exact) mass is 268 g/mol. The first-order chi connectivity index (χ1) is 7.68. The molecule has 0 fully saturated rings. The van der Waals surface area contributed by atoms with Gasteiger partial charge in [-0.2, -0.15) is 21.6 Å². The Bertz CT molecular complexity index is 468. The SMILES string of the molecule is NS(=O)(=O)NCCc1ccc(C(F)(F)F)cc1. The molecule has 1 aromatic rings. The van der Waals surface area contributed by atoms with E-state index < -0.39 is 21.9 Å². The van der Waals surface area contributed by atoms with Gasteiger partial charge in [-0.3, -0.25) is 0 Å². The zero-order valence-electron chi connectivity index (χ0n) is 8.66. The van der Waals surface area contributed by atoms with Gasteiger partial charge in [0.2, 0.25) is 0 Å². The molecule has 0 saturated heterocycles. The van der Waals surface area contributed by atoms with Crippen molar-refractivity contribution in [3.05, 3.63) is 35.4 Å². The summed E-state index contributed by atoms with van der Waals surface area (Å²) in [4.78, 5) is 0. The number of rotatable bonds is 4. The molecule has 3 N–H and O–H groups in total. The third-order valence-electron chi connectivity index (χ3n) is 2.00. The van der Waals surface area contributed by atoms with Gasteiger partial charge in [-0.05, 0) is 24.1 Å². The summed E-state index contributed by atoms with van der Waals surface area (Å²) < 4.78 is 59.8. The Kier molecular flexibility index (Phi) is 4.12. The molecule has 0 aliphatic rings. The molecule has 96 valence electrons. The van der Waals surface area contributed by atoms with Crippen molar-refractivity contribution in [2.45, 2.75) is 12.6 Å². The molecule has 1 aromatic carbocycles. The van der Waals surface area contributed by atoms with Gasteiger partial charge in [0.05, 0.1) is 5.56 Å². The van der Waals surface area contributed by atoms with Crippen molar-refractivity contribution < 1.29 is 21.6 Å². The van der Waals surface area contributed by atoms with Gasteiger partial charge < -0.3 is 0 Å². The van der Waals surface area contributed by atoms with Gasteiger partial charge in [0.1, 0.15) is 0 Å². The Morgan fingerprint density at radius 1 is 1.18 bits per heavy atom. The predicted molar refractivity (Wildman–Crippen MR) is 56.3 cm³/mol. The smallest absolute Gasteiger partial charge is 0.216 e.